The summed E-state index contributed by atoms with van der Waals surface area (Å²) < 4.78 is 17.9. The molecule has 1 aliphatic rings. The number of benzene rings is 1. The monoisotopic (exact) mass is 421 g/mol. The molecule has 0 radical (unpaired) electrons. The van der Waals surface area contributed by atoms with E-state index < -0.39 is 0 Å². The molecule has 0 saturated carbocycles. The van der Waals surface area contributed by atoms with Crippen LogP contribution in [-0.4, -0.2) is 40.7 Å². The molecule has 3 aromatic heterocycles. The molecule has 1 unspecified atom stereocenters. The fourth-order valence-corrected chi connectivity index (χ4v) is 3.84. The van der Waals surface area contributed by atoms with E-state index in [1.807, 2.05) is 0 Å². The Labute approximate surface area is 176 Å². The van der Waals surface area contributed by atoms with Gasteiger partial charge < -0.3 is 5.32 Å². The van der Waals surface area contributed by atoms with Gasteiger partial charge in [-0.25, -0.2) is 23.8 Å². The van der Waals surface area contributed by atoms with Crippen molar-refractivity contribution < 1.29 is 9.18 Å². The summed E-state index contributed by atoms with van der Waals surface area (Å²) in [6, 6.07) is 7.71. The first-order valence-corrected chi connectivity index (χ1v) is 10.1. The molecule has 1 aromatic carbocycles. The number of nitrogens with one attached hydrogen (secondary N) is 1. The fraction of sp³-hybridized carbons (Fsp3) is 0.286. The van der Waals surface area contributed by atoms with Crippen LogP contribution in [-0.2, 0) is 19.5 Å². The first-order chi connectivity index (χ1) is 15.1. The number of nitrogens with zero attached hydrogens (tertiary/aromatic N) is 6. The number of hydrogen-bond donors (Lipinski definition) is 1. The lowest BCUT2D eigenvalue weighted by molar-refractivity contribution is 0.0928. The van der Waals surface area contributed by atoms with Crippen LogP contribution in [0.25, 0.3) is 5.78 Å². The zero-order chi connectivity index (χ0) is 21.4. The van der Waals surface area contributed by atoms with Crippen molar-refractivity contribution >= 4 is 11.7 Å². The number of carbonyl (C=O) groups is 1. The van der Waals surface area contributed by atoms with Gasteiger partial charge in [0.1, 0.15) is 17.3 Å². The number of aryl methyl sites for hydroxylation is 1. The van der Waals surface area contributed by atoms with Gasteiger partial charge in [0.15, 0.2) is 0 Å². The third-order valence-electron chi connectivity index (χ3n) is 5.47. The van der Waals surface area contributed by atoms with Gasteiger partial charge in [-0.15, -0.1) is 0 Å². The Hall–Kier alpha value is -3.82. The Kier molecular flexibility index (Phi) is 4.81. The van der Waals surface area contributed by atoms with Crippen molar-refractivity contribution in [2.75, 3.05) is 0 Å². The number of fused-ring (bicyclic) bond motifs is 2. The van der Waals surface area contributed by atoms with Crippen molar-refractivity contribution in [3.63, 3.8) is 0 Å². The predicted molar refractivity (Wildman–Crippen MR) is 109 cm³/mol. The molecule has 31 heavy (non-hydrogen) atoms. The molecule has 0 saturated heterocycles. The number of aromatic nitrogens is 6. The summed E-state index contributed by atoms with van der Waals surface area (Å²) in [4.78, 5) is 33.8. The topological polar surface area (TPSA) is 99.1 Å². The second-order valence-corrected chi connectivity index (χ2v) is 7.59. The van der Waals surface area contributed by atoms with Crippen LogP contribution in [0.5, 0.6) is 0 Å². The predicted octanol–water partition coefficient (Wildman–Crippen LogP) is 1.41. The summed E-state index contributed by atoms with van der Waals surface area (Å²) in [5.41, 5.74) is 0.920. The van der Waals surface area contributed by atoms with Gasteiger partial charge in [-0.05, 0) is 36.6 Å². The summed E-state index contributed by atoms with van der Waals surface area (Å²) in [6.45, 7) is 0.760. The van der Waals surface area contributed by atoms with Gasteiger partial charge in [-0.1, -0.05) is 12.1 Å². The molecule has 1 atom stereocenters. The highest BCUT2D eigenvalue weighted by Crippen LogP contribution is 2.14. The zero-order valence-electron chi connectivity index (χ0n) is 16.6. The Balaban J connectivity index is 1.26. The highest BCUT2D eigenvalue weighted by molar-refractivity contribution is 5.92. The molecule has 1 amide bonds. The molecule has 9 nitrogen and oxygen atoms in total. The summed E-state index contributed by atoms with van der Waals surface area (Å²) in [7, 11) is 0. The van der Waals surface area contributed by atoms with E-state index in [0.717, 1.165) is 5.56 Å². The van der Waals surface area contributed by atoms with E-state index in [1.54, 1.807) is 45.8 Å². The quantitative estimate of drug-likeness (QED) is 0.537. The highest BCUT2D eigenvalue weighted by Gasteiger charge is 2.23. The van der Waals surface area contributed by atoms with E-state index in [1.165, 1.54) is 16.8 Å². The average molecular weight is 421 g/mol. The van der Waals surface area contributed by atoms with Crippen molar-refractivity contribution in [1.29, 1.82) is 0 Å². The lowest BCUT2D eigenvalue weighted by Gasteiger charge is -2.15. The van der Waals surface area contributed by atoms with Crippen LogP contribution >= 0.6 is 0 Å². The van der Waals surface area contributed by atoms with Gasteiger partial charge in [0.25, 0.3) is 5.91 Å². The molecular weight excluding hydrogens is 401 g/mol. The van der Waals surface area contributed by atoms with Gasteiger partial charge >= 0.3 is 5.69 Å². The van der Waals surface area contributed by atoms with Gasteiger partial charge in [0.05, 0.1) is 6.54 Å². The van der Waals surface area contributed by atoms with Gasteiger partial charge in [-0.2, -0.15) is 5.10 Å². The Morgan fingerprint density at radius 3 is 2.87 bits per heavy atom. The minimum Gasteiger partial charge on any atom is -0.348 e. The molecule has 158 valence electrons. The number of carbonyl (C=O) groups excluding carboxylic acids is 1. The van der Waals surface area contributed by atoms with Gasteiger partial charge in [-0.3, -0.25) is 13.8 Å². The molecule has 1 aliphatic heterocycles. The summed E-state index contributed by atoms with van der Waals surface area (Å²) in [5.74, 6) is 0.588. The normalized spacial score (nSPS) is 16.1. The average Bonchev–Trinajstić information content (AvgIpc) is 3.26. The minimum absolute atomic E-state index is 0.0862. The Morgan fingerprint density at radius 2 is 2.06 bits per heavy atom. The molecule has 0 bridgehead atoms. The van der Waals surface area contributed by atoms with Crippen molar-refractivity contribution in [3.8, 4) is 0 Å². The molecular formula is C21H20FN7O2. The number of imidazole rings is 1. The third kappa shape index (κ3) is 3.83. The second-order valence-electron chi connectivity index (χ2n) is 7.59. The maximum Gasteiger partial charge on any atom is 0.346 e. The van der Waals surface area contributed by atoms with Gasteiger partial charge in [0, 0.05) is 37.6 Å². The largest absolute Gasteiger partial charge is 0.348 e. The second kappa shape index (κ2) is 7.78. The number of rotatable bonds is 4. The fourth-order valence-electron chi connectivity index (χ4n) is 3.84. The van der Waals surface area contributed by atoms with Crippen LogP contribution in [0.2, 0.25) is 0 Å². The first-order valence-electron chi connectivity index (χ1n) is 10.1. The SMILES string of the molecule is O=C(NC1CCc2nn(Cc3ccc(F)cc3)c(=O)n2CC1)c1cn2cccnc2n1. The van der Waals surface area contributed by atoms with Crippen LogP contribution in [0.3, 0.4) is 0 Å². The summed E-state index contributed by atoms with van der Waals surface area (Å²) >= 11 is 0. The molecule has 4 heterocycles. The van der Waals surface area contributed by atoms with Crippen LogP contribution in [0.1, 0.15) is 34.7 Å². The van der Waals surface area contributed by atoms with E-state index in [9.17, 15) is 14.0 Å². The maximum atomic E-state index is 13.1. The zero-order valence-corrected chi connectivity index (χ0v) is 16.6. The molecule has 0 aliphatic carbocycles. The standard InChI is InChI=1S/C21H20FN7O2/c22-15-4-2-14(3-5-15)12-29-21(31)28-11-8-16(6-7-18(28)26-29)24-19(30)17-13-27-10-1-9-23-20(27)25-17/h1-5,9-10,13,16H,6-8,11-12H2,(H,24,30). The van der Waals surface area contributed by atoms with Crippen LogP contribution < -0.4 is 11.0 Å². The van der Waals surface area contributed by atoms with E-state index >= 15 is 0 Å². The Morgan fingerprint density at radius 1 is 1.23 bits per heavy atom. The first kappa shape index (κ1) is 19.2. The van der Waals surface area contributed by atoms with Crippen LogP contribution in [0.4, 0.5) is 4.39 Å². The van der Waals surface area contributed by atoms with Crippen molar-refractivity contribution in [3.05, 3.63) is 82.3 Å². The van der Waals surface area contributed by atoms with E-state index in [4.69, 9.17) is 0 Å². The lowest BCUT2D eigenvalue weighted by Crippen LogP contribution is -2.36. The lowest BCUT2D eigenvalue weighted by atomic mass is 10.1. The van der Waals surface area contributed by atoms with E-state index in [0.29, 0.717) is 49.6 Å². The minimum atomic E-state index is -0.315. The van der Waals surface area contributed by atoms with E-state index in [2.05, 4.69) is 20.4 Å². The van der Waals surface area contributed by atoms with E-state index in [-0.39, 0.29) is 23.5 Å². The smallest absolute Gasteiger partial charge is 0.346 e. The molecule has 5 rings (SSSR count). The van der Waals surface area contributed by atoms with Crippen LogP contribution in [0.15, 0.2) is 53.7 Å². The van der Waals surface area contributed by atoms with Gasteiger partial charge in [0.2, 0.25) is 5.78 Å². The summed E-state index contributed by atoms with van der Waals surface area (Å²) in [6.07, 6.45) is 6.92. The number of halogens is 1. The molecule has 4 aromatic rings. The Bertz CT molecular complexity index is 1270. The van der Waals surface area contributed by atoms with Crippen molar-refractivity contribution in [2.45, 2.75) is 38.4 Å². The number of hydrogen-bond acceptors (Lipinski definition) is 5. The van der Waals surface area contributed by atoms with Crippen LogP contribution in [0, 0.1) is 5.82 Å². The van der Waals surface area contributed by atoms with Crippen molar-refractivity contribution in [1.82, 2.24) is 34.0 Å². The molecule has 10 heteroatoms. The maximum absolute atomic E-state index is 13.1. The van der Waals surface area contributed by atoms with Crippen molar-refractivity contribution in [2.24, 2.45) is 0 Å². The molecule has 0 fully saturated rings. The molecule has 1 N–H and O–H groups in total. The third-order valence-corrected chi connectivity index (χ3v) is 5.47. The number of amides is 1. The summed E-state index contributed by atoms with van der Waals surface area (Å²) in [5, 5.41) is 7.48. The molecule has 0 spiro atoms. The highest BCUT2D eigenvalue weighted by atomic mass is 19.1.